The van der Waals surface area contributed by atoms with Crippen LogP contribution in [0.3, 0.4) is 0 Å². The summed E-state index contributed by atoms with van der Waals surface area (Å²) < 4.78 is 0. The number of halogens is 2. The highest BCUT2D eigenvalue weighted by Gasteiger charge is 1.99. The fraction of sp³-hybridized carbons (Fsp3) is 0.400. The minimum atomic E-state index is 0.219. The molecule has 0 fully saturated rings. The minimum absolute atomic E-state index is 0.219. The summed E-state index contributed by atoms with van der Waals surface area (Å²) in [6, 6.07) is 5.30. The second-order valence-electron chi connectivity index (χ2n) is 2.91. The SMILES string of the molecule is OCCCC[N]c1ccc(Cl)c(Cl)c1. The summed E-state index contributed by atoms with van der Waals surface area (Å²) in [6.07, 6.45) is 1.67. The highest BCUT2D eigenvalue weighted by Crippen LogP contribution is 2.24. The molecule has 0 saturated carbocycles. The van der Waals surface area contributed by atoms with Crippen LogP contribution in [0.1, 0.15) is 12.8 Å². The second kappa shape index (κ2) is 6.12. The summed E-state index contributed by atoms with van der Waals surface area (Å²) in [7, 11) is 0. The molecule has 1 aromatic carbocycles. The van der Waals surface area contributed by atoms with Gasteiger partial charge in [-0.1, -0.05) is 23.2 Å². The maximum Gasteiger partial charge on any atom is 0.0613 e. The largest absolute Gasteiger partial charge is 0.396 e. The molecule has 1 N–H and O–H groups in total. The van der Waals surface area contributed by atoms with Gasteiger partial charge in [0, 0.05) is 13.2 Å². The first-order valence-corrected chi connectivity index (χ1v) is 5.23. The average Bonchev–Trinajstić information content (AvgIpc) is 2.18. The highest BCUT2D eigenvalue weighted by atomic mass is 35.5. The van der Waals surface area contributed by atoms with Crippen molar-refractivity contribution in [3.8, 4) is 0 Å². The lowest BCUT2D eigenvalue weighted by molar-refractivity contribution is 0.284. The smallest absolute Gasteiger partial charge is 0.0613 e. The van der Waals surface area contributed by atoms with Crippen molar-refractivity contribution in [1.82, 2.24) is 5.32 Å². The van der Waals surface area contributed by atoms with Gasteiger partial charge in [0.1, 0.15) is 0 Å². The first-order chi connectivity index (χ1) is 6.74. The van der Waals surface area contributed by atoms with Gasteiger partial charge in [0.05, 0.1) is 15.7 Å². The molecule has 0 unspecified atom stereocenters. The number of hydrogen-bond acceptors (Lipinski definition) is 1. The predicted molar refractivity (Wildman–Crippen MR) is 59.4 cm³/mol. The molecule has 0 heterocycles. The van der Waals surface area contributed by atoms with Gasteiger partial charge >= 0.3 is 0 Å². The Morgan fingerprint density at radius 3 is 2.57 bits per heavy atom. The Bertz CT molecular complexity index is 291. The van der Waals surface area contributed by atoms with E-state index < -0.39 is 0 Å². The van der Waals surface area contributed by atoms with E-state index in [0.29, 0.717) is 16.6 Å². The number of aliphatic hydroxyl groups is 1. The monoisotopic (exact) mass is 232 g/mol. The zero-order valence-corrected chi connectivity index (χ0v) is 9.22. The lowest BCUT2D eigenvalue weighted by atomic mass is 10.3. The minimum Gasteiger partial charge on any atom is -0.396 e. The molecule has 1 radical (unpaired) electrons. The molecule has 0 saturated heterocycles. The molecule has 1 aromatic rings. The molecule has 0 aliphatic carbocycles. The van der Waals surface area contributed by atoms with E-state index in [4.69, 9.17) is 28.3 Å². The Labute approximate surface area is 93.8 Å². The molecule has 1 rings (SSSR count). The molecule has 0 amide bonds. The third-order valence-electron chi connectivity index (χ3n) is 1.76. The first kappa shape index (κ1) is 11.6. The van der Waals surface area contributed by atoms with Gasteiger partial charge in [-0.2, -0.15) is 0 Å². The van der Waals surface area contributed by atoms with Crippen LogP contribution in [0.2, 0.25) is 10.0 Å². The van der Waals surface area contributed by atoms with Crippen LogP contribution in [0.25, 0.3) is 0 Å². The number of unbranched alkanes of at least 4 members (excludes halogenated alkanes) is 1. The summed E-state index contributed by atoms with van der Waals surface area (Å²) >= 11 is 11.6. The number of nitrogens with zero attached hydrogens (tertiary/aromatic N) is 1. The van der Waals surface area contributed by atoms with Crippen LogP contribution in [-0.2, 0) is 0 Å². The van der Waals surface area contributed by atoms with E-state index in [-0.39, 0.29) is 6.61 Å². The third kappa shape index (κ3) is 3.74. The van der Waals surface area contributed by atoms with Gasteiger partial charge in [-0.15, -0.1) is 0 Å². The number of benzene rings is 1. The predicted octanol–water partition coefficient (Wildman–Crippen LogP) is 3.00. The standard InChI is InChI=1S/C10H12Cl2NO/c11-9-4-3-8(7-10(9)12)13-5-1-2-6-14/h3-4,7,14H,1-2,5-6H2. The van der Waals surface area contributed by atoms with Gasteiger partial charge in [-0.05, 0) is 31.0 Å². The molecule has 0 atom stereocenters. The average molecular weight is 233 g/mol. The van der Waals surface area contributed by atoms with Crippen molar-refractivity contribution in [2.24, 2.45) is 0 Å². The van der Waals surface area contributed by atoms with Crippen molar-refractivity contribution in [3.05, 3.63) is 28.2 Å². The lowest BCUT2D eigenvalue weighted by Crippen LogP contribution is -2.00. The van der Waals surface area contributed by atoms with Gasteiger partial charge in [0.25, 0.3) is 0 Å². The molecule has 0 aromatic heterocycles. The molecular formula is C10H12Cl2NO. The van der Waals surface area contributed by atoms with Gasteiger partial charge in [-0.25, -0.2) is 0 Å². The van der Waals surface area contributed by atoms with Gasteiger partial charge in [0.2, 0.25) is 0 Å². The second-order valence-corrected chi connectivity index (χ2v) is 3.73. The molecule has 0 bridgehead atoms. The van der Waals surface area contributed by atoms with Crippen LogP contribution in [-0.4, -0.2) is 18.3 Å². The number of hydrogen-bond donors (Lipinski definition) is 1. The van der Waals surface area contributed by atoms with Crippen molar-refractivity contribution in [1.29, 1.82) is 0 Å². The summed E-state index contributed by atoms with van der Waals surface area (Å²) in [6.45, 7) is 0.926. The van der Waals surface area contributed by atoms with Crippen LogP contribution in [0, 0.1) is 0 Å². The molecule has 14 heavy (non-hydrogen) atoms. The van der Waals surface area contributed by atoms with Crippen LogP contribution in [0.15, 0.2) is 18.2 Å². The van der Waals surface area contributed by atoms with E-state index in [1.165, 1.54) is 0 Å². The van der Waals surface area contributed by atoms with Crippen LogP contribution in [0.4, 0.5) is 5.69 Å². The van der Waals surface area contributed by atoms with Crippen molar-refractivity contribution in [3.63, 3.8) is 0 Å². The molecule has 2 nitrogen and oxygen atoms in total. The zero-order chi connectivity index (χ0) is 10.4. The Hall–Kier alpha value is -0.440. The maximum atomic E-state index is 8.56. The Morgan fingerprint density at radius 2 is 1.93 bits per heavy atom. The normalized spacial score (nSPS) is 10.2. The van der Waals surface area contributed by atoms with Crippen molar-refractivity contribution >= 4 is 28.9 Å². The van der Waals surface area contributed by atoms with E-state index in [1.54, 1.807) is 12.1 Å². The van der Waals surface area contributed by atoms with Gasteiger partial charge < -0.3 is 5.11 Å². The van der Waals surface area contributed by atoms with Crippen molar-refractivity contribution in [2.75, 3.05) is 13.2 Å². The zero-order valence-electron chi connectivity index (χ0n) is 7.71. The first-order valence-electron chi connectivity index (χ1n) is 4.47. The van der Waals surface area contributed by atoms with Crippen LogP contribution in [0.5, 0.6) is 0 Å². The molecule has 0 spiro atoms. The number of aliphatic hydroxyl groups excluding tert-OH is 1. The molecule has 77 valence electrons. The van der Waals surface area contributed by atoms with Crippen molar-refractivity contribution in [2.45, 2.75) is 12.8 Å². The van der Waals surface area contributed by atoms with E-state index in [2.05, 4.69) is 5.32 Å². The summed E-state index contributed by atoms with van der Waals surface area (Å²) in [4.78, 5) is 0. The van der Waals surface area contributed by atoms with Gasteiger partial charge in [0.15, 0.2) is 0 Å². The van der Waals surface area contributed by atoms with E-state index in [9.17, 15) is 0 Å². The van der Waals surface area contributed by atoms with E-state index >= 15 is 0 Å². The molecule has 0 aliphatic heterocycles. The van der Waals surface area contributed by atoms with Crippen LogP contribution < -0.4 is 5.32 Å². The van der Waals surface area contributed by atoms with E-state index in [0.717, 1.165) is 18.5 Å². The van der Waals surface area contributed by atoms with Crippen LogP contribution >= 0.6 is 23.2 Å². The van der Waals surface area contributed by atoms with E-state index in [1.807, 2.05) is 6.07 Å². The maximum absolute atomic E-state index is 8.56. The summed E-state index contributed by atoms with van der Waals surface area (Å²) in [5.41, 5.74) is 0.831. The van der Waals surface area contributed by atoms with Crippen molar-refractivity contribution < 1.29 is 5.11 Å². The Kier molecular flexibility index (Phi) is 5.09. The number of rotatable bonds is 5. The molecule has 4 heteroatoms. The molecular weight excluding hydrogens is 221 g/mol. The Morgan fingerprint density at radius 1 is 1.14 bits per heavy atom. The Balaban J connectivity index is 2.39. The lowest BCUT2D eigenvalue weighted by Gasteiger charge is -2.03. The fourth-order valence-corrected chi connectivity index (χ4v) is 1.31. The highest BCUT2D eigenvalue weighted by molar-refractivity contribution is 6.42. The summed E-state index contributed by atoms with van der Waals surface area (Å²) in [5.74, 6) is 0. The molecule has 0 aliphatic rings. The summed E-state index contributed by atoms with van der Waals surface area (Å²) in [5, 5.41) is 13.9. The third-order valence-corrected chi connectivity index (χ3v) is 2.50. The quantitative estimate of drug-likeness (QED) is 0.779. The fourth-order valence-electron chi connectivity index (χ4n) is 1.02. The topological polar surface area (TPSA) is 34.3 Å². The van der Waals surface area contributed by atoms with Gasteiger partial charge in [-0.3, -0.25) is 5.32 Å².